The van der Waals surface area contributed by atoms with Crippen LogP contribution in [0.25, 0.3) is 0 Å². The molecule has 101 valence electrons. The molecule has 0 saturated heterocycles. The normalized spacial score (nSPS) is 10.3. The van der Waals surface area contributed by atoms with Gasteiger partial charge in [-0.1, -0.05) is 19.1 Å². The monoisotopic (exact) mass is 395 g/mol. The van der Waals surface area contributed by atoms with Gasteiger partial charge in [0.15, 0.2) is 5.75 Å². The molecule has 3 nitrogen and oxygen atoms in total. The van der Waals surface area contributed by atoms with Gasteiger partial charge in [-0.25, -0.2) is 0 Å². The number of hydrogen-bond donors (Lipinski definition) is 0. The van der Waals surface area contributed by atoms with Crippen molar-refractivity contribution in [2.75, 3.05) is 7.11 Å². The predicted octanol–water partition coefficient (Wildman–Crippen LogP) is 3.79. The molecule has 2 aromatic rings. The fourth-order valence-electron chi connectivity index (χ4n) is 1.76. The molecule has 0 spiro atoms. The molecule has 20 heavy (non-hydrogen) atoms. The summed E-state index contributed by atoms with van der Waals surface area (Å²) in [7, 11) is 1.49. The first-order valence-electron chi connectivity index (χ1n) is 6.04. The Labute approximate surface area is 152 Å². The predicted molar refractivity (Wildman–Crippen MR) is 76.1 cm³/mol. The molecular weight excluding hydrogens is 379 g/mol. The van der Waals surface area contributed by atoms with E-state index in [9.17, 15) is 0 Å². The van der Waals surface area contributed by atoms with Gasteiger partial charge in [0.25, 0.3) is 0 Å². The maximum atomic E-state index is 5.18. The molecule has 0 aromatic heterocycles. The van der Waals surface area contributed by atoms with Gasteiger partial charge in [0, 0.05) is 53.1 Å². The third kappa shape index (κ3) is 4.37. The van der Waals surface area contributed by atoms with E-state index in [0.29, 0.717) is 5.75 Å². The van der Waals surface area contributed by atoms with E-state index >= 15 is 0 Å². The van der Waals surface area contributed by atoms with E-state index in [-0.39, 0.29) is 41.3 Å². The van der Waals surface area contributed by atoms with Gasteiger partial charge in [0.2, 0.25) is 0 Å². The first kappa shape index (κ1) is 17.3. The summed E-state index contributed by atoms with van der Waals surface area (Å²) in [5.74, 6) is 0.683. The van der Waals surface area contributed by atoms with Crippen molar-refractivity contribution >= 4 is 11.9 Å². The summed E-state index contributed by atoms with van der Waals surface area (Å²) in [6.07, 6.45) is 1.76. The number of aryl methyl sites for hydroxylation is 2. The van der Waals surface area contributed by atoms with Crippen LogP contribution in [0.2, 0.25) is 0 Å². The van der Waals surface area contributed by atoms with Crippen LogP contribution in [0.3, 0.4) is 0 Å². The maximum Gasteiger partial charge on any atom is 0.177 e. The second kappa shape index (κ2) is 8.50. The van der Waals surface area contributed by atoms with Crippen molar-refractivity contribution in [1.82, 2.24) is 0 Å². The second-order valence-corrected chi connectivity index (χ2v) is 4.20. The van der Waals surface area contributed by atoms with Crippen LogP contribution in [0, 0.1) is 61.2 Å². The van der Waals surface area contributed by atoms with Gasteiger partial charge in [-0.3, -0.25) is 4.99 Å². The molecule has 0 aliphatic heterocycles. The molecule has 0 fully saturated rings. The molecule has 2 aromatic carbocycles. The number of rotatable bonds is 4. The molecule has 0 bridgehead atoms. The maximum absolute atomic E-state index is 5.18. The Balaban J connectivity index is 0.00000200. The van der Waals surface area contributed by atoms with Gasteiger partial charge < -0.3 is 4.89 Å². The molecule has 0 N–H and O–H groups in total. The van der Waals surface area contributed by atoms with Crippen LogP contribution in [-0.2, 0) is 4.89 Å². The molecule has 0 saturated carbocycles. The molecule has 0 atom stereocenters. The van der Waals surface area contributed by atoms with Crippen molar-refractivity contribution in [3.63, 3.8) is 0 Å². The first-order valence-corrected chi connectivity index (χ1v) is 6.04. The minimum Gasteiger partial charge on any atom is -0.337 e. The summed E-state index contributed by atoms with van der Waals surface area (Å²) >= 11 is 0. The zero-order valence-corrected chi connectivity index (χ0v) is 15.6. The molecule has 0 amide bonds. The number of nitrogens with zero attached hydrogens (tertiary/aromatic N) is 1. The van der Waals surface area contributed by atoms with Crippen LogP contribution in [-0.4, -0.2) is 13.3 Å². The van der Waals surface area contributed by atoms with Crippen LogP contribution >= 0.6 is 0 Å². The van der Waals surface area contributed by atoms with Crippen LogP contribution in [0.4, 0.5) is 5.69 Å². The fourth-order valence-corrected chi connectivity index (χ4v) is 1.76. The van der Waals surface area contributed by atoms with Crippen LogP contribution in [0.1, 0.15) is 16.7 Å². The Morgan fingerprint density at radius 2 is 1.85 bits per heavy atom. The van der Waals surface area contributed by atoms with Crippen molar-refractivity contribution in [3.05, 3.63) is 59.2 Å². The zero-order chi connectivity index (χ0) is 13.7. The molecule has 2 rings (SSSR count). The van der Waals surface area contributed by atoms with Crippen molar-refractivity contribution in [3.8, 4) is 5.75 Å². The summed E-state index contributed by atoms with van der Waals surface area (Å²) in [5.41, 5.74) is 3.78. The third-order valence-electron chi connectivity index (χ3n) is 2.78. The van der Waals surface area contributed by atoms with Crippen molar-refractivity contribution in [2.24, 2.45) is 4.99 Å². The molecule has 1 radical (unpaired) electrons. The molecule has 0 aliphatic rings. The van der Waals surface area contributed by atoms with Gasteiger partial charge in [0.1, 0.15) is 0 Å². The van der Waals surface area contributed by atoms with E-state index in [2.05, 4.69) is 11.1 Å². The Kier molecular flexibility index (Phi) is 7.35. The summed E-state index contributed by atoms with van der Waals surface area (Å²) in [4.78, 5) is 14.4. The van der Waals surface area contributed by atoms with Gasteiger partial charge in [-0.15, -0.1) is 5.56 Å². The Morgan fingerprint density at radius 3 is 2.55 bits per heavy atom. The number of hydrogen-bond acceptors (Lipinski definition) is 3. The Hall–Kier alpha value is -0.766. The number of aliphatic imine (C=N–C) groups is 1. The SMILES string of the molecule is COOc1c(C)cccc1C=Nc1[c-]cccc1C.[Pr]. The standard InChI is InChI=1S/C16H16NO2.Pr/c1-12-7-4-5-10-15(12)17-11-14-9-6-8-13(2)16(14)19-18-3;/h4-9,11H,1-3H3;/q-1;. The molecular formula is C16H16NO2Pr-. The van der Waals surface area contributed by atoms with Crippen LogP contribution in [0.15, 0.2) is 41.4 Å². The van der Waals surface area contributed by atoms with Gasteiger partial charge in [0.05, 0.1) is 7.11 Å². The summed E-state index contributed by atoms with van der Waals surface area (Å²) < 4.78 is 0. The van der Waals surface area contributed by atoms with E-state index in [4.69, 9.17) is 9.78 Å². The summed E-state index contributed by atoms with van der Waals surface area (Å²) in [5, 5.41) is 0. The average Bonchev–Trinajstić information content (AvgIpc) is 2.41. The van der Waals surface area contributed by atoms with Crippen LogP contribution < -0.4 is 4.89 Å². The Morgan fingerprint density at radius 1 is 1.10 bits per heavy atom. The molecule has 0 unspecified atom stereocenters. The van der Waals surface area contributed by atoms with Crippen molar-refractivity contribution in [2.45, 2.75) is 13.8 Å². The fraction of sp³-hybridized carbons (Fsp3) is 0.188. The van der Waals surface area contributed by atoms with E-state index in [0.717, 1.165) is 22.4 Å². The zero-order valence-electron chi connectivity index (χ0n) is 11.9. The smallest absolute Gasteiger partial charge is 0.177 e. The van der Waals surface area contributed by atoms with Gasteiger partial charge in [-0.2, -0.15) is 29.2 Å². The molecule has 0 heterocycles. The summed E-state index contributed by atoms with van der Waals surface area (Å²) in [6, 6.07) is 14.8. The Bertz CT molecular complexity index is 597. The molecule has 0 aliphatic carbocycles. The van der Waals surface area contributed by atoms with E-state index in [1.165, 1.54) is 7.11 Å². The number of para-hydroxylation sites is 2. The van der Waals surface area contributed by atoms with Crippen molar-refractivity contribution < 1.29 is 51.1 Å². The quantitative estimate of drug-likeness (QED) is 0.341. The van der Waals surface area contributed by atoms with E-state index in [1.807, 2.05) is 50.2 Å². The van der Waals surface area contributed by atoms with E-state index in [1.54, 1.807) is 6.21 Å². The topological polar surface area (TPSA) is 30.8 Å². The first-order chi connectivity index (χ1) is 9.22. The number of benzene rings is 2. The summed E-state index contributed by atoms with van der Waals surface area (Å²) in [6.45, 7) is 3.97. The minimum absolute atomic E-state index is 0. The van der Waals surface area contributed by atoms with Crippen LogP contribution in [0.5, 0.6) is 5.75 Å². The van der Waals surface area contributed by atoms with Gasteiger partial charge >= 0.3 is 0 Å². The van der Waals surface area contributed by atoms with E-state index < -0.39 is 0 Å². The molecule has 4 heteroatoms. The van der Waals surface area contributed by atoms with Gasteiger partial charge in [-0.05, 0) is 24.2 Å². The third-order valence-corrected chi connectivity index (χ3v) is 2.78. The minimum atomic E-state index is 0. The average molecular weight is 395 g/mol. The second-order valence-electron chi connectivity index (χ2n) is 4.20. The van der Waals surface area contributed by atoms with Crippen molar-refractivity contribution in [1.29, 1.82) is 0 Å². The largest absolute Gasteiger partial charge is 0.337 e.